The zero-order chi connectivity index (χ0) is 15.5. The molecule has 0 aliphatic carbocycles. The van der Waals surface area contributed by atoms with Gasteiger partial charge in [-0.3, -0.25) is 4.98 Å². The minimum Gasteiger partial charge on any atom is -0.437 e. The zero-order valence-corrected chi connectivity index (χ0v) is 14.1. The van der Waals surface area contributed by atoms with E-state index in [0.717, 1.165) is 16.0 Å². The standard InChI is InChI=1S/C15H18BrN3O2/c1-15(2,3)14-18-11(9-20-4)6-13(19-14)21-12-5-10(16)7-17-8-12/h5-8H,9H2,1-4H3. The smallest absolute Gasteiger partial charge is 0.222 e. The van der Waals surface area contributed by atoms with Crippen molar-refractivity contribution < 1.29 is 9.47 Å². The second kappa shape index (κ2) is 6.49. The molecule has 0 saturated heterocycles. The van der Waals surface area contributed by atoms with Gasteiger partial charge in [0.15, 0.2) is 0 Å². The number of halogens is 1. The molecule has 2 heterocycles. The van der Waals surface area contributed by atoms with Gasteiger partial charge in [-0.2, -0.15) is 4.98 Å². The molecule has 5 nitrogen and oxygen atoms in total. The van der Waals surface area contributed by atoms with Crippen molar-refractivity contribution in [1.29, 1.82) is 0 Å². The molecule has 0 saturated carbocycles. The second-order valence-corrected chi connectivity index (χ2v) is 6.56. The molecule has 0 aliphatic rings. The van der Waals surface area contributed by atoms with Gasteiger partial charge in [0, 0.05) is 29.3 Å². The summed E-state index contributed by atoms with van der Waals surface area (Å²) in [5, 5.41) is 0. The maximum atomic E-state index is 5.78. The van der Waals surface area contributed by atoms with E-state index in [2.05, 4.69) is 51.7 Å². The van der Waals surface area contributed by atoms with Gasteiger partial charge in [0.25, 0.3) is 0 Å². The Hall–Kier alpha value is -1.53. The summed E-state index contributed by atoms with van der Waals surface area (Å²) >= 11 is 3.37. The highest BCUT2D eigenvalue weighted by Crippen LogP contribution is 2.26. The first kappa shape index (κ1) is 15.9. The van der Waals surface area contributed by atoms with Crippen molar-refractivity contribution >= 4 is 15.9 Å². The van der Waals surface area contributed by atoms with Crippen LogP contribution in [0.25, 0.3) is 0 Å². The van der Waals surface area contributed by atoms with Gasteiger partial charge in [-0.1, -0.05) is 20.8 Å². The highest BCUT2D eigenvalue weighted by Gasteiger charge is 2.19. The topological polar surface area (TPSA) is 57.1 Å². The summed E-state index contributed by atoms with van der Waals surface area (Å²) in [7, 11) is 1.64. The van der Waals surface area contributed by atoms with E-state index in [-0.39, 0.29) is 5.41 Å². The average Bonchev–Trinajstić information content (AvgIpc) is 2.37. The van der Waals surface area contributed by atoms with E-state index < -0.39 is 0 Å². The van der Waals surface area contributed by atoms with Crippen LogP contribution in [-0.2, 0) is 16.8 Å². The van der Waals surface area contributed by atoms with Crippen LogP contribution >= 0.6 is 15.9 Å². The van der Waals surface area contributed by atoms with Crippen LogP contribution in [0.3, 0.4) is 0 Å². The van der Waals surface area contributed by atoms with E-state index in [1.165, 1.54) is 0 Å². The van der Waals surface area contributed by atoms with E-state index in [1.54, 1.807) is 25.6 Å². The van der Waals surface area contributed by atoms with Crippen molar-refractivity contribution in [2.45, 2.75) is 32.8 Å². The Morgan fingerprint density at radius 1 is 1.14 bits per heavy atom. The van der Waals surface area contributed by atoms with Crippen molar-refractivity contribution in [3.63, 3.8) is 0 Å². The molecule has 0 unspecified atom stereocenters. The lowest BCUT2D eigenvalue weighted by Gasteiger charge is -2.18. The van der Waals surface area contributed by atoms with Gasteiger partial charge in [0.1, 0.15) is 11.6 Å². The summed E-state index contributed by atoms with van der Waals surface area (Å²) in [6, 6.07) is 3.61. The van der Waals surface area contributed by atoms with Crippen LogP contribution in [0, 0.1) is 0 Å². The largest absolute Gasteiger partial charge is 0.437 e. The van der Waals surface area contributed by atoms with E-state index in [1.807, 2.05) is 6.07 Å². The van der Waals surface area contributed by atoms with E-state index in [9.17, 15) is 0 Å². The third kappa shape index (κ3) is 4.47. The molecule has 21 heavy (non-hydrogen) atoms. The molecule has 0 radical (unpaired) electrons. The van der Waals surface area contributed by atoms with Crippen LogP contribution < -0.4 is 4.74 Å². The Kier molecular flexibility index (Phi) is 4.90. The van der Waals surface area contributed by atoms with Gasteiger partial charge >= 0.3 is 0 Å². The fourth-order valence-electron chi connectivity index (χ4n) is 1.65. The minimum atomic E-state index is -0.169. The van der Waals surface area contributed by atoms with Gasteiger partial charge in [0.2, 0.25) is 5.88 Å². The number of hydrogen-bond donors (Lipinski definition) is 0. The Morgan fingerprint density at radius 3 is 2.52 bits per heavy atom. The Morgan fingerprint density at radius 2 is 1.90 bits per heavy atom. The first-order chi connectivity index (χ1) is 9.88. The van der Waals surface area contributed by atoms with Gasteiger partial charge in [0.05, 0.1) is 18.5 Å². The van der Waals surface area contributed by atoms with E-state index >= 15 is 0 Å². The number of hydrogen-bond acceptors (Lipinski definition) is 5. The van der Waals surface area contributed by atoms with Crippen molar-refractivity contribution in [1.82, 2.24) is 15.0 Å². The van der Waals surface area contributed by atoms with E-state index in [4.69, 9.17) is 9.47 Å². The summed E-state index contributed by atoms with van der Waals surface area (Å²) in [6.07, 6.45) is 3.34. The summed E-state index contributed by atoms with van der Waals surface area (Å²) in [5.74, 6) is 1.82. The number of nitrogens with zero attached hydrogens (tertiary/aromatic N) is 3. The van der Waals surface area contributed by atoms with Gasteiger partial charge < -0.3 is 9.47 Å². The zero-order valence-electron chi connectivity index (χ0n) is 12.6. The lowest BCUT2D eigenvalue weighted by molar-refractivity contribution is 0.180. The maximum absolute atomic E-state index is 5.78. The molecule has 2 aromatic heterocycles. The first-order valence-electron chi connectivity index (χ1n) is 6.54. The molecule has 0 bridgehead atoms. The molecule has 2 rings (SSSR count). The molecule has 2 aromatic rings. The number of rotatable bonds is 4. The van der Waals surface area contributed by atoms with Gasteiger partial charge in [-0.15, -0.1) is 0 Å². The van der Waals surface area contributed by atoms with Crippen molar-refractivity contribution in [3.05, 3.63) is 40.5 Å². The Bertz CT molecular complexity index is 627. The molecule has 6 heteroatoms. The molecule has 0 aromatic carbocycles. The highest BCUT2D eigenvalue weighted by molar-refractivity contribution is 9.10. The first-order valence-corrected chi connectivity index (χ1v) is 7.33. The molecule has 112 valence electrons. The molecule has 0 aliphatic heterocycles. The maximum Gasteiger partial charge on any atom is 0.222 e. The van der Waals surface area contributed by atoms with E-state index in [0.29, 0.717) is 18.2 Å². The predicted octanol–water partition coefficient (Wildman–Crippen LogP) is 3.87. The summed E-state index contributed by atoms with van der Waals surface area (Å²) in [6.45, 7) is 6.59. The normalized spacial score (nSPS) is 11.5. The van der Waals surface area contributed by atoms with Crippen LogP contribution in [0.5, 0.6) is 11.6 Å². The third-order valence-corrected chi connectivity index (χ3v) is 3.05. The molecule has 0 N–H and O–H groups in total. The average molecular weight is 352 g/mol. The monoisotopic (exact) mass is 351 g/mol. The molecule has 0 amide bonds. The summed E-state index contributed by atoms with van der Waals surface area (Å²) in [4.78, 5) is 13.1. The van der Waals surface area contributed by atoms with Crippen molar-refractivity contribution in [2.24, 2.45) is 0 Å². The van der Waals surface area contributed by atoms with Gasteiger partial charge in [-0.05, 0) is 22.0 Å². The highest BCUT2D eigenvalue weighted by atomic mass is 79.9. The fraction of sp³-hybridized carbons (Fsp3) is 0.400. The van der Waals surface area contributed by atoms with Crippen LogP contribution in [0.15, 0.2) is 29.0 Å². The summed E-state index contributed by atoms with van der Waals surface area (Å²) in [5.41, 5.74) is 0.618. The molecular formula is C15H18BrN3O2. The molecular weight excluding hydrogens is 334 g/mol. The quantitative estimate of drug-likeness (QED) is 0.836. The summed E-state index contributed by atoms with van der Waals surface area (Å²) < 4.78 is 11.8. The fourth-order valence-corrected chi connectivity index (χ4v) is 1.99. The van der Waals surface area contributed by atoms with Crippen molar-refractivity contribution in [2.75, 3.05) is 7.11 Å². The van der Waals surface area contributed by atoms with Crippen LogP contribution in [0.2, 0.25) is 0 Å². The number of pyridine rings is 1. The van der Waals surface area contributed by atoms with Crippen LogP contribution in [0.4, 0.5) is 0 Å². The van der Waals surface area contributed by atoms with Gasteiger partial charge in [-0.25, -0.2) is 4.98 Å². The molecule has 0 atom stereocenters. The Balaban J connectivity index is 2.35. The SMILES string of the molecule is COCc1cc(Oc2cncc(Br)c2)nc(C(C)(C)C)n1. The van der Waals surface area contributed by atoms with Crippen LogP contribution in [-0.4, -0.2) is 22.1 Å². The number of aromatic nitrogens is 3. The molecule has 0 fully saturated rings. The lowest BCUT2D eigenvalue weighted by atomic mass is 9.95. The minimum absolute atomic E-state index is 0.169. The number of methoxy groups -OCH3 is 1. The third-order valence-electron chi connectivity index (χ3n) is 2.62. The van der Waals surface area contributed by atoms with Crippen molar-refractivity contribution in [3.8, 4) is 11.6 Å². The Labute approximate surface area is 132 Å². The number of ether oxygens (including phenoxy) is 2. The molecule has 0 spiro atoms. The predicted molar refractivity (Wildman–Crippen MR) is 83.5 cm³/mol. The lowest BCUT2D eigenvalue weighted by Crippen LogP contribution is -2.17. The van der Waals surface area contributed by atoms with Crippen LogP contribution in [0.1, 0.15) is 32.3 Å². The second-order valence-electron chi connectivity index (χ2n) is 5.65.